The van der Waals surface area contributed by atoms with Gasteiger partial charge in [0.1, 0.15) is 0 Å². The second-order valence-corrected chi connectivity index (χ2v) is 6.31. The Hall–Kier alpha value is -0.480. The molecule has 1 heterocycles. The van der Waals surface area contributed by atoms with Crippen molar-refractivity contribution in [1.82, 2.24) is 15.1 Å². The summed E-state index contributed by atoms with van der Waals surface area (Å²) in [6.45, 7) is 5.35. The standard InChI is InChI=1S/C13H23N3S/c1-4-17-13-7-5-6-12(13)14-8-11-9-15-16(3)10(11)2/h9,12-14H,4-8H2,1-3H3. The molecule has 2 unspecified atom stereocenters. The molecule has 2 rings (SSSR count). The number of nitrogens with one attached hydrogen (secondary N) is 1. The van der Waals surface area contributed by atoms with E-state index in [2.05, 4.69) is 36.0 Å². The summed E-state index contributed by atoms with van der Waals surface area (Å²) in [5.41, 5.74) is 2.61. The van der Waals surface area contributed by atoms with Gasteiger partial charge in [0.05, 0.1) is 6.20 Å². The van der Waals surface area contributed by atoms with Crippen molar-refractivity contribution in [3.8, 4) is 0 Å². The zero-order valence-electron chi connectivity index (χ0n) is 11.1. The van der Waals surface area contributed by atoms with Crippen LogP contribution in [0.2, 0.25) is 0 Å². The van der Waals surface area contributed by atoms with Crippen molar-refractivity contribution in [3.05, 3.63) is 17.5 Å². The third kappa shape index (κ3) is 3.05. The Morgan fingerprint density at radius 2 is 2.35 bits per heavy atom. The number of nitrogens with zero attached hydrogens (tertiary/aromatic N) is 2. The first-order chi connectivity index (χ1) is 8.22. The van der Waals surface area contributed by atoms with Crippen LogP contribution in [0.1, 0.15) is 37.4 Å². The first-order valence-electron chi connectivity index (χ1n) is 6.54. The van der Waals surface area contributed by atoms with Gasteiger partial charge in [-0.25, -0.2) is 0 Å². The van der Waals surface area contributed by atoms with Gasteiger partial charge in [-0.3, -0.25) is 4.68 Å². The van der Waals surface area contributed by atoms with Crippen LogP contribution in [-0.2, 0) is 13.6 Å². The molecule has 0 bridgehead atoms. The minimum Gasteiger partial charge on any atom is -0.309 e. The molecule has 0 saturated heterocycles. The lowest BCUT2D eigenvalue weighted by Crippen LogP contribution is -2.33. The molecule has 0 aromatic carbocycles. The molecular weight excluding hydrogens is 230 g/mol. The minimum absolute atomic E-state index is 0.694. The van der Waals surface area contributed by atoms with Crippen LogP contribution in [0.25, 0.3) is 0 Å². The highest BCUT2D eigenvalue weighted by molar-refractivity contribution is 7.99. The fraction of sp³-hybridized carbons (Fsp3) is 0.769. The Morgan fingerprint density at radius 3 is 3.00 bits per heavy atom. The maximum atomic E-state index is 4.29. The maximum Gasteiger partial charge on any atom is 0.0537 e. The number of rotatable bonds is 5. The third-order valence-corrected chi connectivity index (χ3v) is 5.05. The van der Waals surface area contributed by atoms with Gasteiger partial charge in [0.15, 0.2) is 0 Å². The van der Waals surface area contributed by atoms with Crippen molar-refractivity contribution >= 4 is 11.8 Å². The average molecular weight is 253 g/mol. The summed E-state index contributed by atoms with van der Waals surface area (Å²) in [5.74, 6) is 1.23. The second kappa shape index (κ2) is 5.91. The van der Waals surface area contributed by atoms with Crippen molar-refractivity contribution in [2.45, 2.75) is 50.9 Å². The van der Waals surface area contributed by atoms with Crippen molar-refractivity contribution < 1.29 is 0 Å². The summed E-state index contributed by atoms with van der Waals surface area (Å²) in [6, 6.07) is 0.694. The van der Waals surface area contributed by atoms with Crippen LogP contribution in [0, 0.1) is 6.92 Å². The van der Waals surface area contributed by atoms with Gasteiger partial charge in [0.25, 0.3) is 0 Å². The Kier molecular flexibility index (Phi) is 4.51. The van der Waals surface area contributed by atoms with E-state index in [9.17, 15) is 0 Å². The molecule has 1 N–H and O–H groups in total. The maximum absolute atomic E-state index is 4.29. The summed E-state index contributed by atoms with van der Waals surface area (Å²) in [4.78, 5) is 0. The largest absolute Gasteiger partial charge is 0.309 e. The fourth-order valence-electron chi connectivity index (χ4n) is 2.53. The predicted molar refractivity (Wildman–Crippen MR) is 74.3 cm³/mol. The first-order valence-corrected chi connectivity index (χ1v) is 7.59. The molecule has 1 aliphatic rings. The van der Waals surface area contributed by atoms with E-state index in [-0.39, 0.29) is 0 Å². The molecule has 1 fully saturated rings. The molecule has 2 atom stereocenters. The summed E-state index contributed by atoms with van der Waals surface area (Å²) >= 11 is 2.11. The Balaban J connectivity index is 1.87. The van der Waals surface area contributed by atoms with E-state index in [1.54, 1.807) is 0 Å². The molecule has 96 valence electrons. The highest BCUT2D eigenvalue weighted by atomic mass is 32.2. The fourth-order valence-corrected chi connectivity index (χ4v) is 3.76. The monoisotopic (exact) mass is 253 g/mol. The Bertz CT molecular complexity index is 362. The van der Waals surface area contributed by atoms with Crippen LogP contribution in [0.4, 0.5) is 0 Å². The van der Waals surface area contributed by atoms with Crippen molar-refractivity contribution in [2.75, 3.05) is 5.75 Å². The van der Waals surface area contributed by atoms with Gasteiger partial charge in [-0.05, 0) is 25.5 Å². The predicted octanol–water partition coefficient (Wildman–Crippen LogP) is 2.49. The molecule has 4 heteroatoms. The van der Waals surface area contributed by atoms with Gasteiger partial charge in [0.2, 0.25) is 0 Å². The molecular formula is C13H23N3S. The highest BCUT2D eigenvalue weighted by Gasteiger charge is 2.26. The van der Waals surface area contributed by atoms with Crippen LogP contribution in [0.15, 0.2) is 6.20 Å². The number of thioether (sulfide) groups is 1. The van der Waals surface area contributed by atoms with Crippen LogP contribution in [0.3, 0.4) is 0 Å². The van der Waals surface area contributed by atoms with E-state index in [0.717, 1.165) is 11.8 Å². The summed E-state index contributed by atoms with van der Waals surface area (Å²) < 4.78 is 1.95. The Morgan fingerprint density at radius 1 is 1.53 bits per heavy atom. The topological polar surface area (TPSA) is 29.9 Å². The molecule has 1 saturated carbocycles. The highest BCUT2D eigenvalue weighted by Crippen LogP contribution is 2.30. The van der Waals surface area contributed by atoms with E-state index in [0.29, 0.717) is 6.04 Å². The molecule has 17 heavy (non-hydrogen) atoms. The SMILES string of the molecule is CCSC1CCCC1NCc1cnn(C)c1C. The number of aromatic nitrogens is 2. The molecule has 0 amide bonds. The summed E-state index contributed by atoms with van der Waals surface area (Å²) in [7, 11) is 2.00. The zero-order valence-corrected chi connectivity index (χ0v) is 11.9. The van der Waals surface area contributed by atoms with Gasteiger partial charge in [-0.15, -0.1) is 0 Å². The quantitative estimate of drug-likeness (QED) is 0.874. The molecule has 1 aliphatic carbocycles. The smallest absolute Gasteiger partial charge is 0.0537 e. The van der Waals surface area contributed by atoms with Gasteiger partial charge < -0.3 is 5.32 Å². The normalized spacial score (nSPS) is 24.4. The van der Waals surface area contributed by atoms with Crippen LogP contribution in [0.5, 0.6) is 0 Å². The first kappa shape index (κ1) is 13.0. The molecule has 0 aliphatic heterocycles. The van der Waals surface area contributed by atoms with Crippen LogP contribution >= 0.6 is 11.8 Å². The van der Waals surface area contributed by atoms with Crippen LogP contribution in [-0.4, -0.2) is 26.8 Å². The summed E-state index contributed by atoms with van der Waals surface area (Å²) in [5, 5.41) is 8.82. The van der Waals surface area contributed by atoms with E-state index in [1.165, 1.54) is 36.3 Å². The zero-order chi connectivity index (χ0) is 12.3. The van der Waals surface area contributed by atoms with Gasteiger partial charge in [-0.1, -0.05) is 13.3 Å². The van der Waals surface area contributed by atoms with E-state index in [4.69, 9.17) is 0 Å². The second-order valence-electron chi connectivity index (χ2n) is 4.79. The summed E-state index contributed by atoms with van der Waals surface area (Å²) in [6.07, 6.45) is 6.07. The van der Waals surface area contributed by atoms with Gasteiger partial charge in [-0.2, -0.15) is 16.9 Å². The molecule has 0 radical (unpaired) electrons. The molecule has 0 spiro atoms. The Labute approximate surface area is 108 Å². The van der Waals surface area contributed by atoms with Crippen molar-refractivity contribution in [3.63, 3.8) is 0 Å². The van der Waals surface area contributed by atoms with E-state index in [1.807, 2.05) is 17.9 Å². The number of aryl methyl sites for hydroxylation is 1. The van der Waals surface area contributed by atoms with Gasteiger partial charge >= 0.3 is 0 Å². The van der Waals surface area contributed by atoms with Crippen molar-refractivity contribution in [1.29, 1.82) is 0 Å². The van der Waals surface area contributed by atoms with Crippen molar-refractivity contribution in [2.24, 2.45) is 7.05 Å². The molecule has 1 aromatic rings. The number of hydrogen-bond acceptors (Lipinski definition) is 3. The lowest BCUT2D eigenvalue weighted by molar-refractivity contribution is 0.530. The van der Waals surface area contributed by atoms with E-state index < -0.39 is 0 Å². The third-order valence-electron chi connectivity index (χ3n) is 3.72. The van der Waals surface area contributed by atoms with Crippen LogP contribution < -0.4 is 5.32 Å². The minimum atomic E-state index is 0.694. The molecule has 1 aromatic heterocycles. The van der Waals surface area contributed by atoms with E-state index >= 15 is 0 Å². The van der Waals surface area contributed by atoms with Gasteiger partial charge in [0, 0.05) is 36.1 Å². The lowest BCUT2D eigenvalue weighted by Gasteiger charge is -2.20. The molecule has 3 nitrogen and oxygen atoms in total. The number of hydrogen-bond donors (Lipinski definition) is 1. The lowest BCUT2D eigenvalue weighted by atomic mass is 10.2. The average Bonchev–Trinajstić information content (AvgIpc) is 2.87.